The van der Waals surface area contributed by atoms with Crippen molar-refractivity contribution in [2.75, 3.05) is 0 Å². The molecular formula is C12H14N2O3. The zero-order valence-corrected chi connectivity index (χ0v) is 9.31. The summed E-state index contributed by atoms with van der Waals surface area (Å²) in [6.07, 6.45) is 4.63. The molecular weight excluding hydrogens is 220 g/mol. The Morgan fingerprint density at radius 1 is 1.18 bits per heavy atom. The fourth-order valence-corrected chi connectivity index (χ4v) is 2.62. The minimum atomic E-state index is -0.425. The predicted octanol–water partition coefficient (Wildman–Crippen LogP) is 1.09. The third-order valence-corrected chi connectivity index (χ3v) is 3.66. The van der Waals surface area contributed by atoms with Gasteiger partial charge in [-0.2, -0.15) is 0 Å². The molecule has 2 saturated carbocycles. The van der Waals surface area contributed by atoms with Gasteiger partial charge < -0.3 is 4.42 Å². The van der Waals surface area contributed by atoms with E-state index in [1.165, 1.54) is 12.7 Å². The monoisotopic (exact) mass is 234 g/mol. The Labute approximate surface area is 98.5 Å². The van der Waals surface area contributed by atoms with E-state index in [4.69, 9.17) is 4.42 Å². The van der Waals surface area contributed by atoms with E-state index in [2.05, 4.69) is 10.9 Å². The van der Waals surface area contributed by atoms with Gasteiger partial charge in [-0.3, -0.25) is 20.4 Å². The molecule has 2 N–H and O–H groups in total. The van der Waals surface area contributed by atoms with Crippen LogP contribution in [0.25, 0.3) is 0 Å². The van der Waals surface area contributed by atoms with Crippen molar-refractivity contribution in [1.82, 2.24) is 10.9 Å². The van der Waals surface area contributed by atoms with Crippen LogP contribution in [0.5, 0.6) is 0 Å². The van der Waals surface area contributed by atoms with Crippen molar-refractivity contribution in [3.05, 3.63) is 24.2 Å². The molecule has 0 aromatic carbocycles. The molecule has 1 aromatic heterocycles. The number of hydrogen-bond donors (Lipinski definition) is 2. The zero-order valence-electron chi connectivity index (χ0n) is 9.31. The van der Waals surface area contributed by atoms with Gasteiger partial charge in [-0.15, -0.1) is 0 Å². The van der Waals surface area contributed by atoms with Gasteiger partial charge in [-0.05, 0) is 43.2 Å². The molecule has 3 rings (SSSR count). The first-order valence-corrected chi connectivity index (χ1v) is 5.87. The number of rotatable bonds is 2. The quantitative estimate of drug-likeness (QED) is 0.752. The average molecular weight is 234 g/mol. The van der Waals surface area contributed by atoms with Crippen LogP contribution in [-0.4, -0.2) is 11.8 Å². The molecule has 5 nitrogen and oxygen atoms in total. The van der Waals surface area contributed by atoms with E-state index in [1.54, 1.807) is 12.1 Å². The van der Waals surface area contributed by atoms with Crippen LogP contribution in [0, 0.1) is 17.8 Å². The normalized spacial score (nSPS) is 29.5. The van der Waals surface area contributed by atoms with Crippen molar-refractivity contribution in [1.29, 1.82) is 0 Å². The highest BCUT2D eigenvalue weighted by Gasteiger charge is 2.48. The maximum absolute atomic E-state index is 11.7. The van der Waals surface area contributed by atoms with Crippen molar-refractivity contribution in [2.45, 2.75) is 19.3 Å². The van der Waals surface area contributed by atoms with E-state index < -0.39 is 5.91 Å². The number of carbonyl (C=O) groups is 2. The number of hydrazine groups is 1. The molecule has 0 saturated heterocycles. The maximum Gasteiger partial charge on any atom is 0.305 e. The van der Waals surface area contributed by atoms with Crippen molar-refractivity contribution in [3.8, 4) is 0 Å². The van der Waals surface area contributed by atoms with Crippen molar-refractivity contribution in [2.24, 2.45) is 17.8 Å². The lowest BCUT2D eigenvalue weighted by molar-refractivity contribution is -0.125. The van der Waals surface area contributed by atoms with Crippen LogP contribution in [0.2, 0.25) is 0 Å². The fourth-order valence-electron chi connectivity index (χ4n) is 2.62. The van der Waals surface area contributed by atoms with Crippen molar-refractivity contribution >= 4 is 11.8 Å². The summed E-state index contributed by atoms with van der Waals surface area (Å²) >= 11 is 0. The lowest BCUT2D eigenvalue weighted by atomic mass is 10.0. The van der Waals surface area contributed by atoms with E-state index >= 15 is 0 Å². The molecule has 0 aliphatic heterocycles. The molecule has 2 amide bonds. The third-order valence-electron chi connectivity index (χ3n) is 3.66. The van der Waals surface area contributed by atoms with Gasteiger partial charge in [0.2, 0.25) is 5.91 Å². The molecule has 1 unspecified atom stereocenters. The summed E-state index contributed by atoms with van der Waals surface area (Å²) in [6.45, 7) is 0. The Morgan fingerprint density at radius 2 is 1.94 bits per heavy atom. The van der Waals surface area contributed by atoms with Gasteiger partial charge in [0.25, 0.3) is 0 Å². The molecule has 0 spiro atoms. The lowest BCUT2D eigenvalue weighted by Crippen LogP contribution is -2.44. The highest BCUT2D eigenvalue weighted by atomic mass is 16.3. The molecule has 2 fully saturated rings. The number of carbonyl (C=O) groups excluding carboxylic acids is 2. The van der Waals surface area contributed by atoms with E-state index in [9.17, 15) is 9.59 Å². The van der Waals surface area contributed by atoms with Gasteiger partial charge in [0.15, 0.2) is 5.76 Å². The van der Waals surface area contributed by atoms with Crippen molar-refractivity contribution < 1.29 is 14.0 Å². The smallest absolute Gasteiger partial charge is 0.305 e. The predicted molar refractivity (Wildman–Crippen MR) is 58.6 cm³/mol. The number of furan rings is 1. The minimum absolute atomic E-state index is 0.0654. The first kappa shape index (κ1) is 10.4. The van der Waals surface area contributed by atoms with Gasteiger partial charge in [-0.25, -0.2) is 0 Å². The lowest BCUT2D eigenvalue weighted by Gasteiger charge is -2.12. The van der Waals surface area contributed by atoms with Gasteiger partial charge in [0.1, 0.15) is 0 Å². The molecule has 1 heterocycles. The van der Waals surface area contributed by atoms with Crippen LogP contribution in [0.4, 0.5) is 0 Å². The second-order valence-electron chi connectivity index (χ2n) is 4.84. The van der Waals surface area contributed by atoms with Gasteiger partial charge in [0.05, 0.1) is 6.26 Å². The molecule has 2 aliphatic carbocycles. The van der Waals surface area contributed by atoms with E-state index in [0.29, 0.717) is 0 Å². The maximum atomic E-state index is 11.7. The van der Waals surface area contributed by atoms with Crippen LogP contribution in [0.15, 0.2) is 22.8 Å². The summed E-state index contributed by atoms with van der Waals surface area (Å²) in [4.78, 5) is 23.2. The van der Waals surface area contributed by atoms with Gasteiger partial charge in [0, 0.05) is 5.92 Å². The molecule has 3 atom stereocenters. The highest BCUT2D eigenvalue weighted by molar-refractivity contribution is 5.93. The Hall–Kier alpha value is -1.78. The Kier molecular flexibility index (Phi) is 2.39. The number of hydrogen-bond acceptors (Lipinski definition) is 3. The minimum Gasteiger partial charge on any atom is -0.459 e. The number of amides is 2. The van der Waals surface area contributed by atoms with Crippen molar-refractivity contribution in [3.63, 3.8) is 0 Å². The van der Waals surface area contributed by atoms with Crippen LogP contribution in [0.3, 0.4) is 0 Å². The van der Waals surface area contributed by atoms with Gasteiger partial charge in [-0.1, -0.05) is 0 Å². The first-order valence-electron chi connectivity index (χ1n) is 5.87. The number of fused-ring (bicyclic) bond motifs is 1. The number of nitrogens with one attached hydrogen (secondary N) is 2. The van der Waals surface area contributed by atoms with Gasteiger partial charge >= 0.3 is 5.91 Å². The molecule has 5 heteroatoms. The Morgan fingerprint density at radius 3 is 2.59 bits per heavy atom. The van der Waals surface area contributed by atoms with Crippen LogP contribution in [-0.2, 0) is 4.79 Å². The summed E-state index contributed by atoms with van der Waals surface area (Å²) < 4.78 is 4.91. The molecule has 0 radical (unpaired) electrons. The second kappa shape index (κ2) is 3.91. The zero-order chi connectivity index (χ0) is 11.8. The molecule has 0 bridgehead atoms. The first-order chi connectivity index (χ1) is 8.24. The van der Waals surface area contributed by atoms with Crippen LogP contribution in [0.1, 0.15) is 29.8 Å². The molecule has 2 aliphatic rings. The molecule has 1 aromatic rings. The van der Waals surface area contributed by atoms with E-state index in [1.807, 2.05) is 0 Å². The summed E-state index contributed by atoms with van der Waals surface area (Å²) in [6, 6.07) is 3.17. The summed E-state index contributed by atoms with van der Waals surface area (Å²) in [5.74, 6) is 1.26. The Balaban J connectivity index is 1.47. The van der Waals surface area contributed by atoms with E-state index in [-0.39, 0.29) is 17.6 Å². The SMILES string of the molecule is O=C(NNC(=O)C1C[C@@H]2C[C@@H]2C1)c1ccco1. The van der Waals surface area contributed by atoms with Crippen LogP contribution < -0.4 is 10.9 Å². The highest BCUT2D eigenvalue weighted by Crippen LogP contribution is 2.54. The molecule has 17 heavy (non-hydrogen) atoms. The summed E-state index contributed by atoms with van der Waals surface area (Å²) in [5.41, 5.74) is 4.81. The summed E-state index contributed by atoms with van der Waals surface area (Å²) in [7, 11) is 0. The van der Waals surface area contributed by atoms with Crippen LogP contribution >= 0.6 is 0 Å². The Bertz CT molecular complexity index is 431. The standard InChI is InChI=1S/C12H14N2O3/c15-11(9-5-7-4-8(7)6-9)13-14-12(16)10-2-1-3-17-10/h1-3,7-9H,4-6H2,(H,13,15)(H,14,16)/t7-,8+,9?. The summed E-state index contributed by atoms with van der Waals surface area (Å²) in [5, 5.41) is 0. The molecule has 90 valence electrons. The third kappa shape index (κ3) is 2.05. The average Bonchev–Trinajstić information content (AvgIpc) is 2.81. The fraction of sp³-hybridized carbons (Fsp3) is 0.500. The topological polar surface area (TPSA) is 71.3 Å². The second-order valence-corrected chi connectivity index (χ2v) is 4.84. The van der Waals surface area contributed by atoms with E-state index in [0.717, 1.165) is 24.7 Å². The largest absolute Gasteiger partial charge is 0.459 e.